The zero-order valence-corrected chi connectivity index (χ0v) is 11.8. The molecule has 0 spiro atoms. The van der Waals surface area contributed by atoms with Crippen LogP contribution in [0.1, 0.15) is 26.2 Å². The molecule has 1 aromatic carbocycles. The molecule has 0 amide bonds. The van der Waals surface area contributed by atoms with Gasteiger partial charge in [0.25, 0.3) is 0 Å². The van der Waals surface area contributed by atoms with Crippen LogP contribution in [0.15, 0.2) is 23.1 Å². The van der Waals surface area contributed by atoms with Gasteiger partial charge in [0, 0.05) is 6.04 Å². The number of rotatable bonds is 4. The number of nitrogens with one attached hydrogen (secondary N) is 1. The molecule has 1 aliphatic carbocycles. The Morgan fingerprint density at radius 2 is 2.11 bits per heavy atom. The summed E-state index contributed by atoms with van der Waals surface area (Å²) in [4.78, 5) is -0.0159. The van der Waals surface area contributed by atoms with Crippen LogP contribution < -0.4 is 10.5 Å². The minimum absolute atomic E-state index is 0.0159. The highest BCUT2D eigenvalue weighted by molar-refractivity contribution is 7.89. The van der Waals surface area contributed by atoms with Crippen molar-refractivity contribution in [2.45, 2.75) is 37.1 Å². The van der Waals surface area contributed by atoms with Crippen LogP contribution in [-0.2, 0) is 10.0 Å². The van der Waals surface area contributed by atoms with E-state index in [0.29, 0.717) is 5.92 Å². The maximum absolute atomic E-state index is 12.3. The van der Waals surface area contributed by atoms with Gasteiger partial charge in [-0.25, -0.2) is 13.1 Å². The third kappa shape index (κ3) is 2.63. The highest BCUT2D eigenvalue weighted by atomic mass is 35.5. The molecule has 18 heavy (non-hydrogen) atoms. The van der Waals surface area contributed by atoms with E-state index in [0.717, 1.165) is 12.8 Å². The normalized spacial score (nSPS) is 18.3. The van der Waals surface area contributed by atoms with Crippen molar-refractivity contribution in [1.29, 1.82) is 0 Å². The fourth-order valence-corrected chi connectivity index (χ4v) is 4.14. The molecule has 6 heteroatoms. The monoisotopic (exact) mass is 288 g/mol. The molecule has 1 atom stereocenters. The second kappa shape index (κ2) is 5.07. The summed E-state index contributed by atoms with van der Waals surface area (Å²) in [7, 11) is -3.65. The number of benzene rings is 1. The van der Waals surface area contributed by atoms with Gasteiger partial charge in [-0.3, -0.25) is 0 Å². The highest BCUT2D eigenvalue weighted by Crippen LogP contribution is 2.32. The number of anilines is 1. The maximum Gasteiger partial charge on any atom is 0.244 e. The molecule has 0 heterocycles. The van der Waals surface area contributed by atoms with Crippen LogP contribution >= 0.6 is 11.6 Å². The van der Waals surface area contributed by atoms with E-state index in [4.69, 9.17) is 17.3 Å². The summed E-state index contributed by atoms with van der Waals surface area (Å²) >= 11 is 5.93. The van der Waals surface area contributed by atoms with E-state index in [2.05, 4.69) is 4.72 Å². The van der Waals surface area contributed by atoms with Gasteiger partial charge in [0.1, 0.15) is 4.90 Å². The number of nitrogens with two attached hydrogens (primary N) is 1. The Morgan fingerprint density at radius 1 is 1.44 bits per heavy atom. The van der Waals surface area contributed by atoms with Gasteiger partial charge in [-0.05, 0) is 37.8 Å². The lowest BCUT2D eigenvalue weighted by molar-refractivity contribution is 0.260. The number of halogens is 1. The van der Waals surface area contributed by atoms with Crippen molar-refractivity contribution in [1.82, 2.24) is 4.72 Å². The molecule has 1 aromatic rings. The summed E-state index contributed by atoms with van der Waals surface area (Å²) in [6.45, 7) is 1.88. The van der Waals surface area contributed by atoms with Gasteiger partial charge < -0.3 is 5.73 Å². The molecule has 0 radical (unpaired) electrons. The van der Waals surface area contributed by atoms with Gasteiger partial charge in [0.15, 0.2) is 0 Å². The van der Waals surface area contributed by atoms with Crippen LogP contribution in [0.25, 0.3) is 0 Å². The van der Waals surface area contributed by atoms with E-state index in [1.807, 2.05) is 6.92 Å². The second-order valence-corrected chi connectivity index (χ2v) is 6.82. The van der Waals surface area contributed by atoms with Crippen molar-refractivity contribution in [3.63, 3.8) is 0 Å². The number of hydrogen-bond donors (Lipinski definition) is 2. The van der Waals surface area contributed by atoms with Crippen molar-refractivity contribution in [2.75, 3.05) is 5.73 Å². The van der Waals surface area contributed by atoms with Crippen LogP contribution in [0.2, 0.25) is 5.02 Å². The van der Waals surface area contributed by atoms with Crippen LogP contribution in [-0.4, -0.2) is 14.5 Å². The summed E-state index contributed by atoms with van der Waals surface area (Å²) in [5.41, 5.74) is 5.88. The summed E-state index contributed by atoms with van der Waals surface area (Å²) in [6, 6.07) is 4.61. The van der Waals surface area contributed by atoms with Crippen molar-refractivity contribution in [2.24, 2.45) is 5.92 Å². The Bertz CT molecular complexity index is 521. The quantitative estimate of drug-likeness (QED) is 0.836. The Labute approximate surface area is 113 Å². The molecule has 3 N–H and O–H groups in total. The first-order valence-electron chi connectivity index (χ1n) is 5.98. The average molecular weight is 289 g/mol. The minimum atomic E-state index is -3.65. The number of hydrogen-bond acceptors (Lipinski definition) is 3. The van der Waals surface area contributed by atoms with Crippen LogP contribution in [0.3, 0.4) is 0 Å². The molecule has 1 aliphatic rings. The number of sulfonamides is 1. The molecule has 2 rings (SSSR count). The van der Waals surface area contributed by atoms with Crippen molar-refractivity contribution in [3.05, 3.63) is 23.2 Å². The van der Waals surface area contributed by atoms with Gasteiger partial charge >= 0.3 is 0 Å². The minimum Gasteiger partial charge on any atom is -0.398 e. The third-order valence-electron chi connectivity index (χ3n) is 3.46. The van der Waals surface area contributed by atoms with Gasteiger partial charge in [-0.2, -0.15) is 0 Å². The van der Waals surface area contributed by atoms with Gasteiger partial charge in [0.2, 0.25) is 10.0 Å². The Morgan fingerprint density at radius 3 is 2.61 bits per heavy atom. The molecule has 0 aliphatic heterocycles. The molecule has 1 unspecified atom stereocenters. The summed E-state index contributed by atoms with van der Waals surface area (Å²) in [5, 5.41) is 0.156. The fourth-order valence-electron chi connectivity index (χ4n) is 2.15. The van der Waals surface area contributed by atoms with Crippen molar-refractivity contribution >= 4 is 27.3 Å². The second-order valence-electron chi connectivity index (χ2n) is 4.76. The summed E-state index contributed by atoms with van der Waals surface area (Å²) in [5.74, 6) is 0.420. The van der Waals surface area contributed by atoms with Gasteiger partial charge in [-0.15, -0.1) is 0 Å². The third-order valence-corrected chi connectivity index (χ3v) is 5.57. The first kappa shape index (κ1) is 13.6. The van der Waals surface area contributed by atoms with E-state index in [1.165, 1.54) is 18.6 Å². The molecular formula is C12H17ClN2O2S. The van der Waals surface area contributed by atoms with Gasteiger partial charge in [-0.1, -0.05) is 24.1 Å². The van der Waals surface area contributed by atoms with Crippen molar-refractivity contribution in [3.8, 4) is 0 Å². The lowest BCUT2D eigenvalue weighted by Crippen LogP contribution is -2.40. The van der Waals surface area contributed by atoms with Crippen LogP contribution in [0.5, 0.6) is 0 Å². The summed E-state index contributed by atoms with van der Waals surface area (Å²) in [6.07, 6.45) is 3.31. The average Bonchev–Trinajstić information content (AvgIpc) is 2.11. The molecular weight excluding hydrogens is 272 g/mol. The Kier molecular flexibility index (Phi) is 3.84. The smallest absolute Gasteiger partial charge is 0.244 e. The standard InChI is InChI=1S/C12H17ClN2O2S/c1-8(9-4-2-5-9)15-18(16,17)12-10(13)6-3-7-11(12)14/h3,6-9,15H,2,4-5,14H2,1H3. The van der Waals surface area contributed by atoms with Crippen LogP contribution in [0, 0.1) is 5.92 Å². The zero-order valence-electron chi connectivity index (χ0n) is 10.2. The molecule has 1 fully saturated rings. The Hall–Kier alpha value is -0.780. The molecule has 0 bridgehead atoms. The lowest BCUT2D eigenvalue weighted by atomic mass is 9.81. The highest BCUT2D eigenvalue weighted by Gasteiger charge is 2.29. The number of nitrogen functional groups attached to an aromatic ring is 1. The molecule has 0 saturated heterocycles. The topological polar surface area (TPSA) is 72.2 Å². The van der Waals surface area contributed by atoms with E-state index < -0.39 is 10.0 Å². The van der Waals surface area contributed by atoms with Crippen molar-refractivity contribution < 1.29 is 8.42 Å². The zero-order chi connectivity index (χ0) is 13.3. The molecule has 4 nitrogen and oxygen atoms in total. The first-order chi connectivity index (χ1) is 8.42. The fraction of sp³-hybridized carbons (Fsp3) is 0.500. The predicted octanol–water partition coefficient (Wildman–Crippen LogP) is 2.39. The summed E-state index contributed by atoms with van der Waals surface area (Å²) < 4.78 is 27.2. The largest absolute Gasteiger partial charge is 0.398 e. The van der Waals surface area contributed by atoms with E-state index in [9.17, 15) is 8.42 Å². The first-order valence-corrected chi connectivity index (χ1v) is 7.84. The molecule has 1 saturated carbocycles. The maximum atomic E-state index is 12.3. The SMILES string of the molecule is CC(NS(=O)(=O)c1c(N)cccc1Cl)C1CCC1. The molecule has 100 valence electrons. The van der Waals surface area contributed by atoms with E-state index in [1.54, 1.807) is 6.07 Å². The molecule has 0 aromatic heterocycles. The van der Waals surface area contributed by atoms with Gasteiger partial charge in [0.05, 0.1) is 10.7 Å². The van der Waals surface area contributed by atoms with E-state index in [-0.39, 0.29) is 21.6 Å². The van der Waals surface area contributed by atoms with Crippen LogP contribution in [0.4, 0.5) is 5.69 Å². The predicted molar refractivity (Wildman–Crippen MR) is 73.0 cm³/mol. The Balaban J connectivity index is 2.25. The lowest BCUT2D eigenvalue weighted by Gasteiger charge is -2.31. The van der Waals surface area contributed by atoms with E-state index >= 15 is 0 Å².